The summed E-state index contributed by atoms with van der Waals surface area (Å²) in [6.45, 7) is 2.53. The first-order valence-corrected chi connectivity index (χ1v) is 6.60. The van der Waals surface area contributed by atoms with Crippen LogP contribution in [0.3, 0.4) is 0 Å². The fourth-order valence-electron chi connectivity index (χ4n) is 1.96. The minimum absolute atomic E-state index is 0.0661. The van der Waals surface area contributed by atoms with Crippen molar-refractivity contribution in [2.45, 2.75) is 38.3 Å². The van der Waals surface area contributed by atoms with Gasteiger partial charge in [-0.25, -0.2) is 0 Å². The van der Waals surface area contributed by atoms with Crippen molar-refractivity contribution < 1.29 is 10.3 Å². The van der Waals surface area contributed by atoms with E-state index in [1.807, 2.05) is 37.3 Å². The van der Waals surface area contributed by atoms with Gasteiger partial charge in [-0.05, 0) is 12.0 Å². The van der Waals surface area contributed by atoms with E-state index in [4.69, 9.17) is 10.9 Å². The summed E-state index contributed by atoms with van der Waals surface area (Å²) in [5.41, 5.74) is 6.63. The first-order chi connectivity index (χ1) is 9.17. The molecule has 0 heterocycles. The second-order valence-corrected chi connectivity index (χ2v) is 4.61. The number of hydrogen-bond donors (Lipinski definition) is 4. The van der Waals surface area contributed by atoms with Gasteiger partial charge < -0.3 is 21.4 Å². The highest BCUT2D eigenvalue weighted by molar-refractivity contribution is 5.80. The smallest absolute Gasteiger partial charge is 0.141 e. The van der Waals surface area contributed by atoms with Crippen LogP contribution in [0, 0.1) is 0 Å². The van der Waals surface area contributed by atoms with Crippen LogP contribution in [-0.4, -0.2) is 28.8 Å². The van der Waals surface area contributed by atoms with Crippen molar-refractivity contribution in [2.24, 2.45) is 10.9 Å². The van der Waals surface area contributed by atoms with Crippen LogP contribution in [0.5, 0.6) is 0 Å². The number of amidine groups is 1. The Balaban J connectivity index is 2.65. The molecule has 19 heavy (non-hydrogen) atoms. The highest BCUT2D eigenvalue weighted by Crippen LogP contribution is 2.16. The van der Waals surface area contributed by atoms with Gasteiger partial charge in [-0.3, -0.25) is 0 Å². The Hall–Kier alpha value is -1.59. The number of hydrogen-bond acceptors (Lipinski definition) is 4. The molecular formula is C14H23N3O2. The molecule has 0 aliphatic carbocycles. The van der Waals surface area contributed by atoms with E-state index < -0.39 is 0 Å². The standard InChI is InChI=1S/C14H23N3O2/c1-2-6-12(18)10-16-13(9-14(15)17-19)11-7-4-3-5-8-11/h3-5,7-8,12-13,16,18-19H,2,6,9-10H2,1H3,(H2,15,17). The molecule has 0 spiro atoms. The SMILES string of the molecule is CCCC(O)CNC(C/C(N)=N/O)c1ccccc1. The van der Waals surface area contributed by atoms with Gasteiger partial charge in [-0.15, -0.1) is 0 Å². The molecule has 2 unspecified atom stereocenters. The molecule has 0 aromatic heterocycles. The van der Waals surface area contributed by atoms with Gasteiger partial charge in [-0.2, -0.15) is 0 Å². The van der Waals surface area contributed by atoms with E-state index >= 15 is 0 Å². The van der Waals surface area contributed by atoms with Crippen LogP contribution in [0.25, 0.3) is 0 Å². The largest absolute Gasteiger partial charge is 0.409 e. The summed E-state index contributed by atoms with van der Waals surface area (Å²) >= 11 is 0. The molecule has 1 aromatic rings. The fraction of sp³-hybridized carbons (Fsp3) is 0.500. The number of benzene rings is 1. The quantitative estimate of drug-likeness (QED) is 0.249. The summed E-state index contributed by atoms with van der Waals surface area (Å²) < 4.78 is 0. The third-order valence-electron chi connectivity index (χ3n) is 2.97. The van der Waals surface area contributed by atoms with Crippen LogP contribution in [0.4, 0.5) is 0 Å². The number of aliphatic hydroxyl groups is 1. The van der Waals surface area contributed by atoms with E-state index in [9.17, 15) is 5.11 Å². The van der Waals surface area contributed by atoms with Gasteiger partial charge in [0.2, 0.25) is 0 Å². The maximum absolute atomic E-state index is 9.76. The summed E-state index contributed by atoms with van der Waals surface area (Å²) in [5.74, 6) is 0.173. The van der Waals surface area contributed by atoms with Crippen LogP contribution in [-0.2, 0) is 0 Å². The topological polar surface area (TPSA) is 90.9 Å². The molecule has 0 fully saturated rings. The monoisotopic (exact) mass is 265 g/mol. The van der Waals surface area contributed by atoms with Crippen molar-refractivity contribution in [1.82, 2.24) is 5.32 Å². The second kappa shape index (κ2) is 8.50. The second-order valence-electron chi connectivity index (χ2n) is 4.61. The lowest BCUT2D eigenvalue weighted by atomic mass is 10.0. The maximum Gasteiger partial charge on any atom is 0.141 e. The molecule has 0 amide bonds. The van der Waals surface area contributed by atoms with Crippen molar-refractivity contribution in [1.29, 1.82) is 0 Å². The van der Waals surface area contributed by atoms with E-state index in [1.165, 1.54) is 0 Å². The molecule has 0 saturated heterocycles. The molecular weight excluding hydrogens is 242 g/mol. The lowest BCUT2D eigenvalue weighted by Crippen LogP contribution is -2.33. The molecule has 106 valence electrons. The van der Waals surface area contributed by atoms with Crippen LogP contribution in [0.2, 0.25) is 0 Å². The molecule has 0 bridgehead atoms. The van der Waals surface area contributed by atoms with Crippen LogP contribution >= 0.6 is 0 Å². The van der Waals surface area contributed by atoms with Crippen LogP contribution in [0.15, 0.2) is 35.5 Å². The molecule has 5 heteroatoms. The number of aliphatic hydroxyl groups excluding tert-OH is 1. The molecule has 0 aliphatic rings. The highest BCUT2D eigenvalue weighted by atomic mass is 16.4. The van der Waals surface area contributed by atoms with E-state index in [0.29, 0.717) is 13.0 Å². The summed E-state index contributed by atoms with van der Waals surface area (Å²) in [4.78, 5) is 0. The summed E-state index contributed by atoms with van der Waals surface area (Å²) in [6.07, 6.45) is 1.74. The molecule has 2 atom stereocenters. The third-order valence-corrected chi connectivity index (χ3v) is 2.97. The van der Waals surface area contributed by atoms with Gasteiger partial charge in [-0.1, -0.05) is 48.8 Å². The Morgan fingerprint density at radius 1 is 1.37 bits per heavy atom. The average Bonchev–Trinajstić information content (AvgIpc) is 2.44. The molecule has 1 rings (SSSR count). The molecule has 5 nitrogen and oxygen atoms in total. The Morgan fingerprint density at radius 2 is 2.05 bits per heavy atom. The van der Waals surface area contributed by atoms with Gasteiger partial charge in [0, 0.05) is 19.0 Å². The fourth-order valence-corrected chi connectivity index (χ4v) is 1.96. The van der Waals surface area contributed by atoms with Crippen LogP contribution < -0.4 is 11.1 Å². The Bertz CT molecular complexity index is 382. The van der Waals surface area contributed by atoms with Gasteiger partial charge in [0.25, 0.3) is 0 Å². The van der Waals surface area contributed by atoms with Gasteiger partial charge in [0.05, 0.1) is 6.10 Å². The Morgan fingerprint density at radius 3 is 2.63 bits per heavy atom. The van der Waals surface area contributed by atoms with Gasteiger partial charge in [0.1, 0.15) is 5.84 Å². The molecule has 1 aromatic carbocycles. The number of rotatable bonds is 8. The molecule has 0 saturated carbocycles. The Labute approximate surface area is 114 Å². The predicted molar refractivity (Wildman–Crippen MR) is 76.1 cm³/mol. The summed E-state index contributed by atoms with van der Waals surface area (Å²) in [6, 6.07) is 9.72. The summed E-state index contributed by atoms with van der Waals surface area (Å²) in [7, 11) is 0. The lowest BCUT2D eigenvalue weighted by molar-refractivity contribution is 0.156. The highest BCUT2D eigenvalue weighted by Gasteiger charge is 2.14. The third kappa shape index (κ3) is 5.72. The maximum atomic E-state index is 9.76. The van der Waals surface area contributed by atoms with Crippen molar-refractivity contribution in [2.75, 3.05) is 6.54 Å². The zero-order chi connectivity index (χ0) is 14.1. The van der Waals surface area contributed by atoms with Crippen molar-refractivity contribution in [3.63, 3.8) is 0 Å². The Kier molecular flexibility index (Phi) is 6.92. The minimum Gasteiger partial charge on any atom is -0.409 e. The number of oxime groups is 1. The zero-order valence-electron chi connectivity index (χ0n) is 11.3. The van der Waals surface area contributed by atoms with E-state index in [0.717, 1.165) is 18.4 Å². The first kappa shape index (κ1) is 15.5. The molecule has 5 N–H and O–H groups in total. The van der Waals surface area contributed by atoms with E-state index in [2.05, 4.69) is 10.5 Å². The number of nitrogens with one attached hydrogen (secondary N) is 1. The lowest BCUT2D eigenvalue weighted by Gasteiger charge is -2.20. The molecule has 0 aliphatic heterocycles. The first-order valence-electron chi connectivity index (χ1n) is 6.60. The van der Waals surface area contributed by atoms with Gasteiger partial charge >= 0.3 is 0 Å². The van der Waals surface area contributed by atoms with Crippen LogP contribution in [0.1, 0.15) is 37.8 Å². The van der Waals surface area contributed by atoms with Crippen molar-refractivity contribution >= 4 is 5.84 Å². The zero-order valence-corrected chi connectivity index (χ0v) is 11.3. The van der Waals surface area contributed by atoms with Crippen molar-refractivity contribution in [3.05, 3.63) is 35.9 Å². The minimum atomic E-state index is -0.372. The summed E-state index contributed by atoms with van der Waals surface area (Å²) in [5, 5.41) is 24.7. The number of nitrogens with zero attached hydrogens (tertiary/aromatic N) is 1. The molecule has 0 radical (unpaired) electrons. The predicted octanol–water partition coefficient (Wildman–Crippen LogP) is 1.61. The van der Waals surface area contributed by atoms with Gasteiger partial charge in [0.15, 0.2) is 0 Å². The number of nitrogens with two attached hydrogens (primary N) is 1. The average molecular weight is 265 g/mol. The van der Waals surface area contributed by atoms with Crippen molar-refractivity contribution in [3.8, 4) is 0 Å². The van der Waals surface area contributed by atoms with E-state index in [-0.39, 0.29) is 18.0 Å². The van der Waals surface area contributed by atoms with E-state index in [1.54, 1.807) is 0 Å². The normalized spacial score (nSPS) is 15.2.